The summed E-state index contributed by atoms with van der Waals surface area (Å²) in [4.78, 5) is 8.64. The fourth-order valence-electron chi connectivity index (χ4n) is 5.84. The Morgan fingerprint density at radius 2 is 1.55 bits per heavy atom. The topological polar surface area (TPSA) is 38.9 Å². The average molecular weight is 823 g/mol. The first-order valence-electron chi connectivity index (χ1n) is 19.7. The van der Waals surface area contributed by atoms with Crippen LogP contribution >= 0.6 is 0 Å². The molecule has 3 aromatic heterocycles. The predicted octanol–water partition coefficient (Wildman–Crippen LogP) is 12.0. The van der Waals surface area contributed by atoms with Crippen molar-refractivity contribution in [2.24, 2.45) is 5.41 Å². The number of benzene rings is 5. The maximum Gasteiger partial charge on any atom is 0.136 e. The molecule has 0 amide bonds. The van der Waals surface area contributed by atoms with E-state index < -0.39 is 25.5 Å². The molecule has 0 atom stereocenters. The summed E-state index contributed by atoms with van der Waals surface area (Å²) < 4.78 is 67.1. The van der Waals surface area contributed by atoms with Crippen molar-refractivity contribution in [3.05, 3.63) is 156 Å². The van der Waals surface area contributed by atoms with Crippen LogP contribution in [0.3, 0.4) is 0 Å². The standard InChI is InChI=1S/C32H26NO.C13H12N.Ir/c1-32(2,3)20-21-16-17-33-28(18-21)23-9-6-8-22(19-23)24-11-7-12-26-25(24)14-15-30-31(26)27-10-4-5-13-29(27)34-30;1-10-3-6-12(7-4-10)13-8-5-11(2)9-14-13;/h4-8,10-19H,20H2,1-3H3;3-6,8-9H,1-2H3;/q2*-1;/i20D2;1D3,2D3;. The molecule has 8 rings (SSSR count). The summed E-state index contributed by atoms with van der Waals surface area (Å²) in [5.41, 5.74) is 7.15. The van der Waals surface area contributed by atoms with Gasteiger partial charge in [-0.25, -0.2) is 0 Å². The molecule has 0 saturated heterocycles. The maximum atomic E-state index is 8.68. The zero-order valence-electron chi connectivity index (χ0n) is 35.3. The summed E-state index contributed by atoms with van der Waals surface area (Å²) >= 11 is 0. The molecule has 5 aromatic carbocycles. The monoisotopic (exact) mass is 823 g/mol. The van der Waals surface area contributed by atoms with Crippen LogP contribution in [0.1, 0.15) is 48.4 Å². The van der Waals surface area contributed by atoms with Gasteiger partial charge in [-0.15, -0.1) is 70.8 Å². The molecule has 3 heterocycles. The van der Waals surface area contributed by atoms with Crippen LogP contribution in [0.5, 0.6) is 0 Å². The van der Waals surface area contributed by atoms with Crippen LogP contribution in [-0.4, -0.2) is 9.97 Å². The van der Waals surface area contributed by atoms with Gasteiger partial charge in [-0.3, -0.25) is 0 Å². The molecule has 0 fully saturated rings. The molecule has 4 heteroatoms. The van der Waals surface area contributed by atoms with Crippen molar-refractivity contribution in [3.8, 4) is 33.6 Å². The van der Waals surface area contributed by atoms with Gasteiger partial charge in [-0.2, -0.15) is 0 Å². The third kappa shape index (κ3) is 7.57. The Labute approximate surface area is 313 Å². The van der Waals surface area contributed by atoms with Crippen molar-refractivity contribution in [2.45, 2.75) is 40.8 Å². The van der Waals surface area contributed by atoms with Crippen LogP contribution in [0.25, 0.3) is 66.4 Å². The van der Waals surface area contributed by atoms with Gasteiger partial charge in [0.25, 0.3) is 0 Å². The van der Waals surface area contributed by atoms with E-state index >= 15 is 0 Å². The van der Waals surface area contributed by atoms with Gasteiger partial charge in [0, 0.05) is 54.2 Å². The van der Waals surface area contributed by atoms with Crippen molar-refractivity contribution >= 4 is 32.7 Å². The first kappa shape index (κ1) is 25.1. The van der Waals surface area contributed by atoms with E-state index in [0.717, 1.165) is 49.4 Å². The van der Waals surface area contributed by atoms with Crippen LogP contribution in [0.2, 0.25) is 0 Å². The summed E-state index contributed by atoms with van der Waals surface area (Å²) in [6.07, 6.45) is 1.50. The van der Waals surface area contributed by atoms with Gasteiger partial charge in [0.2, 0.25) is 0 Å². The molecule has 0 bridgehead atoms. The average Bonchev–Trinajstić information content (AvgIpc) is 3.56. The minimum atomic E-state index is -2.18. The van der Waals surface area contributed by atoms with Crippen LogP contribution in [0.4, 0.5) is 0 Å². The first-order chi connectivity index (χ1) is 26.4. The summed E-state index contributed by atoms with van der Waals surface area (Å²) in [6.45, 7) is 1.41. The van der Waals surface area contributed by atoms with Crippen molar-refractivity contribution < 1.29 is 35.5 Å². The minimum absolute atomic E-state index is 0. The number of aromatic nitrogens is 2. The van der Waals surface area contributed by atoms with E-state index in [1.165, 1.54) is 24.4 Å². The molecule has 0 aliphatic rings. The van der Waals surface area contributed by atoms with E-state index in [9.17, 15) is 0 Å². The third-order valence-corrected chi connectivity index (χ3v) is 7.92. The van der Waals surface area contributed by atoms with E-state index in [1.807, 2.05) is 51.1 Å². The van der Waals surface area contributed by atoms with E-state index in [2.05, 4.69) is 70.6 Å². The van der Waals surface area contributed by atoms with Gasteiger partial charge >= 0.3 is 0 Å². The third-order valence-electron chi connectivity index (χ3n) is 7.92. The predicted molar refractivity (Wildman–Crippen MR) is 200 cm³/mol. The molecular weight excluding hydrogens is 777 g/mol. The molecule has 1 radical (unpaired) electrons. The Hall–Kier alpha value is -4.89. The summed E-state index contributed by atoms with van der Waals surface area (Å²) in [5, 5.41) is 4.56. The van der Waals surface area contributed by atoms with E-state index in [0.29, 0.717) is 22.5 Å². The maximum absolute atomic E-state index is 8.68. The molecule has 49 heavy (non-hydrogen) atoms. The largest absolute Gasteiger partial charge is 0.456 e. The number of pyridine rings is 2. The van der Waals surface area contributed by atoms with Crippen LogP contribution in [0.15, 0.2) is 132 Å². The normalized spacial score (nSPS) is 14.5. The summed E-state index contributed by atoms with van der Waals surface area (Å²) in [5.74, 6) is 0. The number of para-hydroxylation sites is 1. The molecule has 0 saturated carbocycles. The second-order valence-corrected chi connectivity index (χ2v) is 12.7. The number of aryl methyl sites for hydroxylation is 2. The number of rotatable bonds is 4. The number of nitrogens with zero attached hydrogens (tertiary/aromatic N) is 2. The molecule has 0 aliphatic carbocycles. The Kier molecular flexibility index (Phi) is 7.34. The van der Waals surface area contributed by atoms with Gasteiger partial charge < -0.3 is 14.4 Å². The Morgan fingerprint density at radius 1 is 0.714 bits per heavy atom. The smallest absolute Gasteiger partial charge is 0.136 e. The zero-order chi connectivity index (χ0) is 40.0. The minimum Gasteiger partial charge on any atom is -0.456 e. The van der Waals surface area contributed by atoms with Gasteiger partial charge in [0.05, 0.1) is 0 Å². The van der Waals surface area contributed by atoms with Crippen molar-refractivity contribution in [3.63, 3.8) is 0 Å². The van der Waals surface area contributed by atoms with Crippen molar-refractivity contribution in [2.75, 3.05) is 0 Å². The summed E-state index contributed by atoms with van der Waals surface area (Å²) in [6, 6.07) is 42.2. The molecule has 0 spiro atoms. The van der Waals surface area contributed by atoms with Crippen LogP contribution in [0, 0.1) is 31.3 Å². The molecular formula is C45H38IrN2O-2. The Balaban J connectivity index is 0.000000223. The molecule has 0 unspecified atom stereocenters. The quantitative estimate of drug-likeness (QED) is 0.166. The molecule has 8 aromatic rings. The van der Waals surface area contributed by atoms with Gasteiger partial charge in [0.15, 0.2) is 0 Å². The van der Waals surface area contributed by atoms with Crippen molar-refractivity contribution in [1.29, 1.82) is 0 Å². The molecule has 0 N–H and O–H groups in total. The number of hydrogen-bond acceptors (Lipinski definition) is 3. The molecule has 0 aliphatic heterocycles. The summed E-state index contributed by atoms with van der Waals surface area (Å²) in [7, 11) is 0. The fraction of sp³-hybridized carbons (Fsp3) is 0.156. The number of hydrogen-bond donors (Lipinski definition) is 0. The van der Waals surface area contributed by atoms with Crippen LogP contribution in [-0.2, 0) is 26.5 Å². The van der Waals surface area contributed by atoms with Gasteiger partial charge in [-0.1, -0.05) is 93.9 Å². The number of fused-ring (bicyclic) bond motifs is 5. The van der Waals surface area contributed by atoms with E-state index in [1.54, 1.807) is 24.4 Å². The zero-order valence-corrected chi connectivity index (χ0v) is 29.7. The van der Waals surface area contributed by atoms with Crippen molar-refractivity contribution in [1.82, 2.24) is 9.97 Å². The second-order valence-electron chi connectivity index (χ2n) is 12.7. The first-order valence-corrected chi connectivity index (χ1v) is 15.7. The Bertz CT molecular complexity index is 2620. The molecule has 3 nitrogen and oxygen atoms in total. The SMILES string of the molecule is [2H]C([2H])([2H])c1c[c-]c(-c2ccc(C([2H])([2H])[2H])cn2)cc1.[2H]C([2H])(c1ccnc(-c2[c-]ccc(-c3cccc4c3ccc3oc5ccccc5c34)c2)c1)C(C)(C)C.[Ir]. The second kappa shape index (κ2) is 14.3. The van der Waals surface area contributed by atoms with Gasteiger partial charge in [-0.05, 0) is 70.1 Å². The Morgan fingerprint density at radius 3 is 2.33 bits per heavy atom. The molecule has 245 valence electrons. The fourth-order valence-corrected chi connectivity index (χ4v) is 5.84. The number of furan rings is 1. The van der Waals surface area contributed by atoms with E-state index in [4.69, 9.17) is 15.4 Å². The van der Waals surface area contributed by atoms with E-state index in [-0.39, 0.29) is 31.2 Å². The van der Waals surface area contributed by atoms with Gasteiger partial charge in [0.1, 0.15) is 11.2 Å². The van der Waals surface area contributed by atoms with Crippen LogP contribution < -0.4 is 0 Å².